The highest BCUT2D eigenvalue weighted by molar-refractivity contribution is 8.01. The van der Waals surface area contributed by atoms with E-state index in [1.165, 1.54) is 34.5 Å². The number of tetrazole rings is 1. The van der Waals surface area contributed by atoms with Gasteiger partial charge in [0.2, 0.25) is 5.82 Å². The number of hydrogen-bond donors (Lipinski definition) is 2. The van der Waals surface area contributed by atoms with Crippen molar-refractivity contribution in [2.75, 3.05) is 10.9 Å². The number of nitrogens with zero attached hydrogens (tertiary/aromatic N) is 4. The highest BCUT2D eigenvalue weighted by Gasteiger charge is 2.23. The van der Waals surface area contributed by atoms with Gasteiger partial charge in [0.1, 0.15) is 5.75 Å². The fourth-order valence-electron chi connectivity index (χ4n) is 2.89. The normalized spacial score (nSPS) is 10.6. The maximum atomic E-state index is 13.5. The Hall–Kier alpha value is -3.89. The number of para-hydroxylation sites is 1. The third-order valence-corrected chi connectivity index (χ3v) is 5.78. The van der Waals surface area contributed by atoms with Crippen molar-refractivity contribution in [1.82, 2.24) is 20.6 Å². The Bertz CT molecular complexity index is 1270. The fraction of sp³-hybridized carbons (Fsp3) is 0.0455. The minimum atomic E-state index is -1.13. The second kappa shape index (κ2) is 10.2. The number of aromatic nitrogens is 4. The number of anilines is 1. The van der Waals surface area contributed by atoms with Gasteiger partial charge in [-0.2, -0.15) is 5.21 Å². The Balaban J connectivity index is 1.68. The first-order valence-corrected chi connectivity index (χ1v) is 10.7. The minimum Gasteiger partial charge on any atom is -0.480 e. The molecule has 11 heteroatoms. The Morgan fingerprint density at radius 2 is 1.82 bits per heavy atom. The van der Waals surface area contributed by atoms with E-state index in [0.29, 0.717) is 22.6 Å². The molecule has 1 aromatic heterocycles. The van der Waals surface area contributed by atoms with E-state index in [1.807, 2.05) is 54.6 Å². The van der Waals surface area contributed by atoms with Gasteiger partial charge in [-0.05, 0) is 59.6 Å². The summed E-state index contributed by atoms with van der Waals surface area (Å²) in [5.74, 6) is -0.877. The summed E-state index contributed by atoms with van der Waals surface area (Å²) in [6, 6.07) is 21.0. The number of H-pyrrole nitrogens is 1. The molecule has 0 radical (unpaired) electrons. The maximum absolute atomic E-state index is 13.5. The van der Waals surface area contributed by atoms with Gasteiger partial charge in [-0.15, -0.1) is 10.2 Å². The zero-order valence-electron chi connectivity index (χ0n) is 16.9. The van der Waals surface area contributed by atoms with E-state index >= 15 is 0 Å². The van der Waals surface area contributed by atoms with E-state index < -0.39 is 12.6 Å². The maximum Gasteiger partial charge on any atom is 0.341 e. The molecule has 0 aliphatic heterocycles. The predicted molar refractivity (Wildman–Crippen MR) is 123 cm³/mol. The summed E-state index contributed by atoms with van der Waals surface area (Å²) >= 11 is 7.44. The Kier molecular flexibility index (Phi) is 6.86. The van der Waals surface area contributed by atoms with Crippen LogP contribution in [0.1, 0.15) is 10.4 Å². The number of ether oxygens (including phenoxy) is 1. The predicted octanol–water partition coefficient (Wildman–Crippen LogP) is 4.34. The van der Waals surface area contributed by atoms with E-state index in [-0.39, 0.29) is 16.7 Å². The van der Waals surface area contributed by atoms with Crippen LogP contribution in [0.15, 0.2) is 77.7 Å². The van der Waals surface area contributed by atoms with E-state index in [4.69, 9.17) is 21.4 Å². The number of amides is 1. The molecule has 2 N–H and O–H groups in total. The van der Waals surface area contributed by atoms with Crippen LogP contribution in [-0.2, 0) is 4.79 Å². The number of benzene rings is 3. The highest BCUT2D eigenvalue weighted by Crippen LogP contribution is 2.36. The van der Waals surface area contributed by atoms with Crippen LogP contribution in [0.25, 0.3) is 11.4 Å². The van der Waals surface area contributed by atoms with Crippen molar-refractivity contribution in [3.8, 4) is 17.1 Å². The third kappa shape index (κ3) is 5.30. The lowest BCUT2D eigenvalue weighted by Crippen LogP contribution is -2.24. The zero-order chi connectivity index (χ0) is 23.2. The molecule has 0 aliphatic rings. The molecule has 0 bridgehead atoms. The summed E-state index contributed by atoms with van der Waals surface area (Å²) in [4.78, 5) is 25.0. The number of aliphatic carboxylic acids is 1. The average Bonchev–Trinajstić information content (AvgIpc) is 3.37. The van der Waals surface area contributed by atoms with E-state index in [9.17, 15) is 9.59 Å². The van der Waals surface area contributed by atoms with Gasteiger partial charge in [-0.3, -0.25) is 4.79 Å². The molecule has 0 saturated heterocycles. The van der Waals surface area contributed by atoms with Crippen LogP contribution in [0.2, 0.25) is 5.02 Å². The van der Waals surface area contributed by atoms with Gasteiger partial charge in [-0.25, -0.2) is 9.10 Å². The Labute approximate surface area is 197 Å². The van der Waals surface area contributed by atoms with E-state index in [0.717, 1.165) is 4.90 Å². The smallest absolute Gasteiger partial charge is 0.341 e. The van der Waals surface area contributed by atoms with Crippen LogP contribution in [0.4, 0.5) is 5.69 Å². The quantitative estimate of drug-likeness (QED) is 0.356. The molecule has 1 amide bonds. The molecule has 33 heavy (non-hydrogen) atoms. The summed E-state index contributed by atoms with van der Waals surface area (Å²) in [6.45, 7) is -0.536. The molecule has 0 spiro atoms. The largest absolute Gasteiger partial charge is 0.480 e. The van der Waals surface area contributed by atoms with Crippen LogP contribution < -0.4 is 9.04 Å². The van der Waals surface area contributed by atoms with Gasteiger partial charge in [0.25, 0.3) is 5.91 Å². The number of carboxylic acids is 1. The molecular weight excluding hydrogens is 466 g/mol. The summed E-state index contributed by atoms with van der Waals surface area (Å²) < 4.78 is 6.68. The van der Waals surface area contributed by atoms with Crippen LogP contribution in [0.3, 0.4) is 0 Å². The van der Waals surface area contributed by atoms with Gasteiger partial charge in [0, 0.05) is 16.0 Å². The van der Waals surface area contributed by atoms with Crippen molar-refractivity contribution in [3.63, 3.8) is 0 Å². The number of carbonyl (C=O) groups excluding carboxylic acids is 1. The molecule has 0 saturated carbocycles. The molecule has 1 heterocycles. The summed E-state index contributed by atoms with van der Waals surface area (Å²) in [6.07, 6.45) is 0. The van der Waals surface area contributed by atoms with Crippen molar-refractivity contribution in [1.29, 1.82) is 0 Å². The van der Waals surface area contributed by atoms with Crippen molar-refractivity contribution >= 4 is 41.1 Å². The highest BCUT2D eigenvalue weighted by atomic mass is 35.5. The molecular formula is C22H16ClN5O4S. The number of nitrogens with one attached hydrogen (secondary N) is 1. The first-order chi connectivity index (χ1) is 16.0. The summed E-state index contributed by atoms with van der Waals surface area (Å²) in [5, 5.41) is 23.1. The van der Waals surface area contributed by atoms with Gasteiger partial charge < -0.3 is 9.84 Å². The monoisotopic (exact) mass is 481 g/mol. The SMILES string of the molecule is O=C(O)COc1ccc(C(=O)N(Sc2ccccc2-c2nn[nH]n2)c2ccccc2)cc1Cl. The molecule has 9 nitrogen and oxygen atoms in total. The Morgan fingerprint density at radius 3 is 2.52 bits per heavy atom. The standard InChI is InChI=1S/C22H16ClN5O4S/c23-17-12-14(10-11-18(17)32-13-20(29)30)22(31)28(15-6-2-1-3-7-15)33-19-9-5-4-8-16(19)21-24-26-27-25-21/h1-12H,13H2,(H,29,30)(H,24,25,26,27). The minimum absolute atomic E-state index is 0.132. The van der Waals surface area contributed by atoms with Crippen LogP contribution in [0, 0.1) is 0 Å². The van der Waals surface area contributed by atoms with E-state index in [1.54, 1.807) is 0 Å². The van der Waals surface area contributed by atoms with Gasteiger partial charge >= 0.3 is 5.97 Å². The molecule has 4 aromatic rings. The lowest BCUT2D eigenvalue weighted by atomic mass is 10.2. The number of hydrogen-bond acceptors (Lipinski definition) is 7. The van der Waals surface area contributed by atoms with Crippen molar-refractivity contribution in [2.24, 2.45) is 0 Å². The number of carbonyl (C=O) groups is 2. The molecule has 0 fully saturated rings. The van der Waals surface area contributed by atoms with Crippen LogP contribution in [0.5, 0.6) is 5.75 Å². The topological polar surface area (TPSA) is 121 Å². The lowest BCUT2D eigenvalue weighted by molar-refractivity contribution is -0.139. The van der Waals surface area contributed by atoms with Gasteiger partial charge in [0.15, 0.2) is 6.61 Å². The second-order valence-electron chi connectivity index (χ2n) is 6.59. The fourth-order valence-corrected chi connectivity index (χ4v) is 4.13. The van der Waals surface area contributed by atoms with Crippen LogP contribution >= 0.6 is 23.5 Å². The van der Waals surface area contributed by atoms with Crippen LogP contribution in [-0.4, -0.2) is 44.2 Å². The van der Waals surface area contributed by atoms with Gasteiger partial charge in [0.05, 0.1) is 10.7 Å². The number of aromatic amines is 1. The van der Waals surface area contributed by atoms with Crippen molar-refractivity contribution in [2.45, 2.75) is 4.90 Å². The number of rotatable bonds is 8. The first kappa shape index (κ1) is 22.3. The molecule has 0 atom stereocenters. The Morgan fingerprint density at radius 1 is 1.06 bits per heavy atom. The lowest BCUT2D eigenvalue weighted by Gasteiger charge is -2.22. The molecule has 3 aromatic carbocycles. The molecule has 0 aliphatic carbocycles. The number of halogens is 1. The van der Waals surface area contributed by atoms with E-state index in [2.05, 4.69) is 20.6 Å². The summed E-state index contributed by atoms with van der Waals surface area (Å²) in [5.41, 5.74) is 1.66. The molecule has 166 valence electrons. The average molecular weight is 482 g/mol. The zero-order valence-corrected chi connectivity index (χ0v) is 18.5. The van der Waals surface area contributed by atoms with Gasteiger partial charge in [-0.1, -0.05) is 41.9 Å². The van der Waals surface area contributed by atoms with Crippen molar-refractivity contribution in [3.05, 3.63) is 83.4 Å². The second-order valence-corrected chi connectivity index (χ2v) is 7.98. The van der Waals surface area contributed by atoms with Crippen molar-refractivity contribution < 1.29 is 19.4 Å². The molecule has 4 rings (SSSR count). The number of carboxylic acid groups (broad SMARTS) is 1. The third-order valence-electron chi connectivity index (χ3n) is 4.37. The first-order valence-electron chi connectivity index (χ1n) is 9.57. The summed E-state index contributed by atoms with van der Waals surface area (Å²) in [7, 11) is 0. The molecule has 0 unspecified atom stereocenters.